The van der Waals surface area contributed by atoms with Crippen molar-refractivity contribution in [1.82, 2.24) is 10.2 Å². The van der Waals surface area contributed by atoms with Gasteiger partial charge in [0.1, 0.15) is 0 Å². The van der Waals surface area contributed by atoms with Crippen molar-refractivity contribution in [2.24, 2.45) is 0 Å². The van der Waals surface area contributed by atoms with Gasteiger partial charge in [0.25, 0.3) is 0 Å². The molecule has 0 unspecified atom stereocenters. The van der Waals surface area contributed by atoms with Gasteiger partial charge in [-0.15, -0.1) is 21.8 Å². The molecule has 0 radical (unpaired) electrons. The first-order valence-corrected chi connectivity index (χ1v) is 5.29. The van der Waals surface area contributed by atoms with Crippen molar-refractivity contribution in [1.29, 1.82) is 0 Å². The van der Waals surface area contributed by atoms with Crippen molar-refractivity contribution in [2.75, 3.05) is 5.88 Å². The second kappa shape index (κ2) is 4.45. The van der Waals surface area contributed by atoms with Crippen LogP contribution in [-0.2, 0) is 6.42 Å². The van der Waals surface area contributed by atoms with Crippen LogP contribution in [0.3, 0.4) is 0 Å². The van der Waals surface area contributed by atoms with E-state index in [0.29, 0.717) is 24.1 Å². The van der Waals surface area contributed by atoms with Gasteiger partial charge >= 0.3 is 0 Å². The molecule has 1 heterocycles. The molecule has 3 nitrogen and oxygen atoms in total. The lowest BCUT2D eigenvalue weighted by molar-refractivity contribution is 0.513. The Balaban J connectivity index is 2.33. The summed E-state index contributed by atoms with van der Waals surface area (Å²) in [6.07, 6.45) is 0.612. The van der Waals surface area contributed by atoms with E-state index in [1.165, 1.54) is 0 Å². The fourth-order valence-electron chi connectivity index (χ4n) is 1.36. The van der Waals surface area contributed by atoms with E-state index in [9.17, 15) is 0 Å². The Labute approximate surface area is 93.1 Å². The molecule has 0 saturated carbocycles. The van der Waals surface area contributed by atoms with E-state index in [1.54, 1.807) is 0 Å². The van der Waals surface area contributed by atoms with Crippen LogP contribution in [0, 0.1) is 6.92 Å². The van der Waals surface area contributed by atoms with Gasteiger partial charge in [0, 0.05) is 17.9 Å². The highest BCUT2D eigenvalue weighted by Gasteiger charge is 2.09. The zero-order chi connectivity index (χ0) is 10.7. The number of hydrogen-bond donors (Lipinski definition) is 0. The quantitative estimate of drug-likeness (QED) is 0.750. The van der Waals surface area contributed by atoms with Crippen LogP contribution in [0.1, 0.15) is 11.5 Å². The molecule has 1 aromatic heterocycles. The van der Waals surface area contributed by atoms with Gasteiger partial charge in [-0.2, -0.15) is 0 Å². The van der Waals surface area contributed by atoms with Crippen molar-refractivity contribution in [3.05, 3.63) is 35.7 Å². The third kappa shape index (κ3) is 2.18. The summed E-state index contributed by atoms with van der Waals surface area (Å²) in [4.78, 5) is 0. The van der Waals surface area contributed by atoms with Crippen LogP contribution in [0.2, 0.25) is 0 Å². The molecule has 0 fully saturated rings. The van der Waals surface area contributed by atoms with Crippen LogP contribution in [-0.4, -0.2) is 16.1 Å². The summed E-state index contributed by atoms with van der Waals surface area (Å²) >= 11 is 5.59. The van der Waals surface area contributed by atoms with E-state index in [4.69, 9.17) is 16.0 Å². The minimum absolute atomic E-state index is 0.495. The summed E-state index contributed by atoms with van der Waals surface area (Å²) in [6, 6.07) is 7.91. The molecule has 0 aliphatic carbocycles. The van der Waals surface area contributed by atoms with Crippen molar-refractivity contribution in [3.63, 3.8) is 0 Å². The van der Waals surface area contributed by atoms with Crippen molar-refractivity contribution < 1.29 is 4.42 Å². The first-order chi connectivity index (χ1) is 7.31. The highest BCUT2D eigenvalue weighted by Crippen LogP contribution is 2.21. The number of nitrogens with zero attached hydrogens (tertiary/aromatic N) is 2. The zero-order valence-corrected chi connectivity index (χ0v) is 9.16. The van der Waals surface area contributed by atoms with E-state index < -0.39 is 0 Å². The zero-order valence-electron chi connectivity index (χ0n) is 8.40. The van der Waals surface area contributed by atoms with E-state index in [-0.39, 0.29) is 0 Å². The fourth-order valence-corrected chi connectivity index (χ4v) is 1.52. The normalized spacial score (nSPS) is 10.5. The summed E-state index contributed by atoms with van der Waals surface area (Å²) in [6.45, 7) is 2.01. The minimum atomic E-state index is 0.495. The molecule has 1 aromatic carbocycles. The number of benzene rings is 1. The van der Waals surface area contributed by atoms with Crippen molar-refractivity contribution >= 4 is 11.6 Å². The van der Waals surface area contributed by atoms with Crippen molar-refractivity contribution in [3.8, 4) is 11.5 Å². The average Bonchev–Trinajstić information content (AvgIpc) is 2.68. The number of hydrogen-bond acceptors (Lipinski definition) is 3. The second-order valence-electron chi connectivity index (χ2n) is 3.25. The number of rotatable bonds is 3. The highest BCUT2D eigenvalue weighted by molar-refractivity contribution is 6.17. The standard InChI is InChI=1S/C11H11ClN2O/c1-8-4-2-3-5-9(8)11-14-13-10(15-11)6-7-12/h2-5H,6-7H2,1H3. The maximum absolute atomic E-state index is 5.59. The third-order valence-electron chi connectivity index (χ3n) is 2.15. The predicted octanol–water partition coefficient (Wildman–Crippen LogP) is 2.83. The molecule has 78 valence electrons. The van der Waals surface area contributed by atoms with E-state index in [2.05, 4.69) is 10.2 Å². The third-order valence-corrected chi connectivity index (χ3v) is 2.34. The van der Waals surface area contributed by atoms with Gasteiger partial charge in [-0.05, 0) is 18.6 Å². The molecule has 0 bridgehead atoms. The summed E-state index contributed by atoms with van der Waals surface area (Å²) < 4.78 is 5.48. The van der Waals surface area contributed by atoms with Crippen LogP contribution in [0.5, 0.6) is 0 Å². The molecular formula is C11H11ClN2O. The lowest BCUT2D eigenvalue weighted by Gasteiger charge is -1.98. The number of aryl methyl sites for hydroxylation is 2. The molecule has 2 aromatic rings. The molecule has 0 atom stereocenters. The Morgan fingerprint density at radius 3 is 2.80 bits per heavy atom. The van der Waals surface area contributed by atoms with Crippen molar-refractivity contribution in [2.45, 2.75) is 13.3 Å². The van der Waals surface area contributed by atoms with Crippen LogP contribution in [0.4, 0.5) is 0 Å². The van der Waals surface area contributed by atoms with E-state index in [0.717, 1.165) is 11.1 Å². The molecule has 0 saturated heterocycles. The largest absolute Gasteiger partial charge is 0.421 e. The van der Waals surface area contributed by atoms with Gasteiger partial charge < -0.3 is 4.42 Å². The highest BCUT2D eigenvalue weighted by atomic mass is 35.5. The van der Waals surface area contributed by atoms with Gasteiger partial charge in [0.15, 0.2) is 0 Å². The molecular weight excluding hydrogens is 212 g/mol. The second-order valence-corrected chi connectivity index (χ2v) is 3.63. The molecule has 15 heavy (non-hydrogen) atoms. The topological polar surface area (TPSA) is 38.9 Å². The molecule has 0 aliphatic rings. The number of alkyl halides is 1. The molecule has 0 aliphatic heterocycles. The average molecular weight is 223 g/mol. The Morgan fingerprint density at radius 2 is 2.07 bits per heavy atom. The van der Waals surface area contributed by atoms with E-state index in [1.807, 2.05) is 31.2 Å². The minimum Gasteiger partial charge on any atom is -0.421 e. The van der Waals surface area contributed by atoms with Gasteiger partial charge in [-0.3, -0.25) is 0 Å². The maximum atomic E-state index is 5.59. The Bertz CT molecular complexity index is 453. The smallest absolute Gasteiger partial charge is 0.247 e. The summed E-state index contributed by atoms with van der Waals surface area (Å²) in [5.74, 6) is 1.64. The maximum Gasteiger partial charge on any atom is 0.247 e. The Kier molecular flexibility index (Phi) is 3.02. The molecule has 2 rings (SSSR count). The predicted molar refractivity (Wildman–Crippen MR) is 58.9 cm³/mol. The fraction of sp³-hybridized carbons (Fsp3) is 0.273. The van der Waals surface area contributed by atoms with Gasteiger partial charge in [0.05, 0.1) is 0 Å². The lowest BCUT2D eigenvalue weighted by Crippen LogP contribution is -1.84. The van der Waals surface area contributed by atoms with E-state index >= 15 is 0 Å². The van der Waals surface area contributed by atoms with Gasteiger partial charge in [0.2, 0.25) is 11.8 Å². The Morgan fingerprint density at radius 1 is 1.27 bits per heavy atom. The molecule has 0 N–H and O–H groups in total. The summed E-state index contributed by atoms with van der Waals surface area (Å²) in [5.41, 5.74) is 2.10. The monoisotopic (exact) mass is 222 g/mol. The van der Waals surface area contributed by atoms with Gasteiger partial charge in [-0.25, -0.2) is 0 Å². The van der Waals surface area contributed by atoms with Gasteiger partial charge in [-0.1, -0.05) is 18.2 Å². The summed E-state index contributed by atoms with van der Waals surface area (Å²) in [7, 11) is 0. The SMILES string of the molecule is Cc1ccccc1-c1nnc(CCCl)o1. The first kappa shape index (κ1) is 10.2. The van der Waals surface area contributed by atoms with Crippen LogP contribution < -0.4 is 0 Å². The Hall–Kier alpha value is -1.35. The van der Waals surface area contributed by atoms with Crippen LogP contribution >= 0.6 is 11.6 Å². The van der Waals surface area contributed by atoms with Crippen LogP contribution in [0.15, 0.2) is 28.7 Å². The summed E-state index contributed by atoms with van der Waals surface area (Å²) in [5, 5.41) is 7.91. The molecule has 0 spiro atoms. The molecule has 4 heteroatoms. The number of aromatic nitrogens is 2. The first-order valence-electron chi connectivity index (χ1n) is 4.75. The lowest BCUT2D eigenvalue weighted by atomic mass is 10.1. The van der Waals surface area contributed by atoms with Crippen LogP contribution in [0.25, 0.3) is 11.5 Å². The molecule has 0 amide bonds. The number of halogens is 1.